The van der Waals surface area contributed by atoms with E-state index in [1.54, 1.807) is 25.1 Å². The van der Waals surface area contributed by atoms with Crippen molar-refractivity contribution in [3.8, 4) is 0 Å². The lowest BCUT2D eigenvalue weighted by molar-refractivity contribution is -0.140. The van der Waals surface area contributed by atoms with E-state index >= 15 is 0 Å². The highest BCUT2D eigenvalue weighted by atomic mass is 35.5. The number of rotatable bonds is 4. The number of halogens is 1. The van der Waals surface area contributed by atoms with Crippen LogP contribution in [0.3, 0.4) is 0 Å². The van der Waals surface area contributed by atoms with Crippen molar-refractivity contribution in [2.75, 3.05) is 5.73 Å². The van der Waals surface area contributed by atoms with Gasteiger partial charge in [-0.25, -0.2) is 0 Å². The van der Waals surface area contributed by atoms with E-state index in [1.165, 1.54) is 11.8 Å². The average Bonchev–Trinajstić information content (AvgIpc) is 2.22. The number of thioether (sulfide) groups is 1. The molecule has 3 nitrogen and oxygen atoms in total. The molecule has 1 aromatic carbocycles. The van der Waals surface area contributed by atoms with E-state index in [0.29, 0.717) is 10.7 Å². The number of nitrogens with two attached hydrogens (primary N) is 1. The van der Waals surface area contributed by atoms with Gasteiger partial charge in [-0.05, 0) is 18.2 Å². The molecule has 5 heteroatoms. The molecule has 88 valence electrons. The van der Waals surface area contributed by atoms with Crippen LogP contribution in [0.1, 0.15) is 13.8 Å². The van der Waals surface area contributed by atoms with Crippen molar-refractivity contribution in [1.29, 1.82) is 0 Å². The lowest BCUT2D eigenvalue weighted by Gasteiger charge is -2.16. The number of aliphatic carboxylic acids is 1. The molecule has 0 amide bonds. The molecule has 0 aliphatic heterocycles. The summed E-state index contributed by atoms with van der Waals surface area (Å²) in [5.74, 6) is -1.23. The minimum Gasteiger partial charge on any atom is -0.481 e. The SMILES string of the molecule is CC(Sc1cc(N)ccc1Cl)C(C)C(=O)O. The molecule has 1 rings (SSSR count). The van der Waals surface area contributed by atoms with Crippen molar-refractivity contribution >= 4 is 35.0 Å². The first-order valence-corrected chi connectivity index (χ1v) is 6.12. The van der Waals surface area contributed by atoms with Gasteiger partial charge in [0, 0.05) is 15.8 Å². The summed E-state index contributed by atoms with van der Waals surface area (Å²) in [4.78, 5) is 11.6. The van der Waals surface area contributed by atoms with Crippen LogP contribution < -0.4 is 5.73 Å². The number of nitrogen functional groups attached to an aromatic ring is 1. The molecule has 0 bridgehead atoms. The van der Waals surface area contributed by atoms with Gasteiger partial charge in [0.2, 0.25) is 0 Å². The Balaban J connectivity index is 2.80. The summed E-state index contributed by atoms with van der Waals surface area (Å²) in [6, 6.07) is 5.20. The lowest BCUT2D eigenvalue weighted by Crippen LogP contribution is -2.19. The maximum absolute atomic E-state index is 10.8. The Morgan fingerprint density at radius 2 is 2.12 bits per heavy atom. The molecule has 0 spiro atoms. The van der Waals surface area contributed by atoms with Gasteiger partial charge in [-0.15, -0.1) is 11.8 Å². The van der Waals surface area contributed by atoms with Crippen LogP contribution in [0.15, 0.2) is 23.1 Å². The fraction of sp³-hybridized carbons (Fsp3) is 0.364. The van der Waals surface area contributed by atoms with E-state index in [-0.39, 0.29) is 5.25 Å². The molecule has 0 radical (unpaired) electrons. The second-order valence-electron chi connectivity index (χ2n) is 3.64. The van der Waals surface area contributed by atoms with Gasteiger partial charge in [0.1, 0.15) is 0 Å². The molecule has 0 saturated carbocycles. The van der Waals surface area contributed by atoms with Crippen LogP contribution in [0.2, 0.25) is 5.02 Å². The number of hydrogen-bond donors (Lipinski definition) is 2. The van der Waals surface area contributed by atoms with Crippen LogP contribution >= 0.6 is 23.4 Å². The van der Waals surface area contributed by atoms with Crippen LogP contribution in [0.25, 0.3) is 0 Å². The molecule has 0 fully saturated rings. The van der Waals surface area contributed by atoms with Crippen molar-refractivity contribution in [3.63, 3.8) is 0 Å². The number of anilines is 1. The zero-order valence-corrected chi connectivity index (χ0v) is 10.7. The van der Waals surface area contributed by atoms with Gasteiger partial charge in [-0.1, -0.05) is 25.4 Å². The highest BCUT2D eigenvalue weighted by Gasteiger charge is 2.21. The van der Waals surface area contributed by atoms with Gasteiger partial charge < -0.3 is 10.8 Å². The smallest absolute Gasteiger partial charge is 0.307 e. The summed E-state index contributed by atoms with van der Waals surface area (Å²) in [5, 5.41) is 9.43. The van der Waals surface area contributed by atoms with Crippen molar-refractivity contribution < 1.29 is 9.90 Å². The van der Waals surface area contributed by atoms with Crippen LogP contribution in [-0.2, 0) is 4.79 Å². The molecule has 0 aliphatic rings. The Bertz CT molecular complexity index is 398. The van der Waals surface area contributed by atoms with Crippen LogP contribution in [-0.4, -0.2) is 16.3 Å². The zero-order valence-electron chi connectivity index (χ0n) is 9.11. The van der Waals surface area contributed by atoms with Crippen LogP contribution in [0, 0.1) is 5.92 Å². The first kappa shape index (κ1) is 13.2. The van der Waals surface area contributed by atoms with Gasteiger partial charge in [-0.3, -0.25) is 4.79 Å². The Morgan fingerprint density at radius 3 is 2.69 bits per heavy atom. The second-order valence-corrected chi connectivity index (χ2v) is 5.47. The fourth-order valence-corrected chi connectivity index (χ4v) is 2.47. The third-order valence-electron chi connectivity index (χ3n) is 2.36. The van der Waals surface area contributed by atoms with E-state index in [4.69, 9.17) is 22.4 Å². The summed E-state index contributed by atoms with van der Waals surface area (Å²) >= 11 is 7.43. The maximum atomic E-state index is 10.8. The molecule has 3 N–H and O–H groups in total. The molecular weight excluding hydrogens is 246 g/mol. The standard InChI is InChI=1S/C11H14ClNO2S/c1-6(11(14)15)7(2)16-10-5-8(13)3-4-9(10)12/h3-7H,13H2,1-2H3,(H,14,15). The summed E-state index contributed by atoms with van der Waals surface area (Å²) in [6.45, 7) is 3.54. The number of carboxylic acids is 1. The quantitative estimate of drug-likeness (QED) is 0.644. The monoisotopic (exact) mass is 259 g/mol. The first-order chi connectivity index (χ1) is 7.41. The fourth-order valence-electron chi connectivity index (χ4n) is 1.11. The third-order valence-corrected chi connectivity index (χ3v) is 4.18. The van der Waals surface area contributed by atoms with E-state index < -0.39 is 11.9 Å². The Hall–Kier alpha value is -0.870. The number of hydrogen-bond acceptors (Lipinski definition) is 3. The summed E-state index contributed by atoms with van der Waals surface area (Å²) < 4.78 is 0. The number of carbonyl (C=O) groups is 1. The van der Waals surface area contributed by atoms with Crippen molar-refractivity contribution in [2.24, 2.45) is 5.92 Å². The molecule has 16 heavy (non-hydrogen) atoms. The molecule has 0 aliphatic carbocycles. The van der Waals surface area contributed by atoms with Gasteiger partial charge in [0.05, 0.1) is 10.9 Å². The topological polar surface area (TPSA) is 63.3 Å². The van der Waals surface area contributed by atoms with Crippen molar-refractivity contribution in [3.05, 3.63) is 23.2 Å². The van der Waals surface area contributed by atoms with Crippen LogP contribution in [0.4, 0.5) is 5.69 Å². The van der Waals surface area contributed by atoms with Gasteiger partial charge in [0.25, 0.3) is 0 Å². The van der Waals surface area contributed by atoms with E-state index in [1.807, 2.05) is 6.92 Å². The first-order valence-electron chi connectivity index (χ1n) is 4.86. The lowest BCUT2D eigenvalue weighted by atomic mass is 10.1. The minimum absolute atomic E-state index is 0.0585. The molecule has 2 atom stereocenters. The molecule has 0 saturated heterocycles. The van der Waals surface area contributed by atoms with Gasteiger partial charge in [0.15, 0.2) is 0 Å². The average molecular weight is 260 g/mol. The normalized spacial score (nSPS) is 14.4. The Kier molecular flexibility index (Phi) is 4.50. The largest absolute Gasteiger partial charge is 0.481 e. The number of benzene rings is 1. The second kappa shape index (κ2) is 5.46. The molecule has 0 heterocycles. The summed E-state index contributed by atoms with van der Waals surface area (Å²) in [5.41, 5.74) is 6.28. The van der Waals surface area contributed by atoms with E-state index in [9.17, 15) is 4.79 Å². The zero-order chi connectivity index (χ0) is 12.3. The minimum atomic E-state index is -0.806. The third kappa shape index (κ3) is 3.32. The van der Waals surface area contributed by atoms with Crippen molar-refractivity contribution in [2.45, 2.75) is 24.0 Å². The molecule has 1 aromatic rings. The molecule has 2 unspecified atom stereocenters. The predicted octanol–water partition coefficient (Wildman–Crippen LogP) is 3.12. The Labute approximate surface area is 104 Å². The van der Waals surface area contributed by atoms with E-state index in [2.05, 4.69) is 0 Å². The van der Waals surface area contributed by atoms with Gasteiger partial charge >= 0.3 is 5.97 Å². The summed E-state index contributed by atoms with van der Waals surface area (Å²) in [6.07, 6.45) is 0. The number of carboxylic acid groups (broad SMARTS) is 1. The van der Waals surface area contributed by atoms with Crippen LogP contribution in [0.5, 0.6) is 0 Å². The highest BCUT2D eigenvalue weighted by molar-refractivity contribution is 8.00. The highest BCUT2D eigenvalue weighted by Crippen LogP contribution is 2.34. The summed E-state index contributed by atoms with van der Waals surface area (Å²) in [7, 11) is 0. The van der Waals surface area contributed by atoms with E-state index in [0.717, 1.165) is 4.90 Å². The predicted molar refractivity (Wildman–Crippen MR) is 68.0 cm³/mol. The van der Waals surface area contributed by atoms with Crippen molar-refractivity contribution in [1.82, 2.24) is 0 Å². The Morgan fingerprint density at radius 1 is 1.50 bits per heavy atom. The molecular formula is C11H14ClNO2S. The van der Waals surface area contributed by atoms with Gasteiger partial charge in [-0.2, -0.15) is 0 Å². The maximum Gasteiger partial charge on any atom is 0.307 e. The molecule has 0 aromatic heterocycles.